The zero-order valence-electron chi connectivity index (χ0n) is 13.5. The summed E-state index contributed by atoms with van der Waals surface area (Å²) in [7, 11) is 1.87. The second kappa shape index (κ2) is 8.19. The summed E-state index contributed by atoms with van der Waals surface area (Å²) in [6, 6.07) is 14.3. The highest BCUT2D eigenvalue weighted by atomic mass is 16.5. The molecule has 2 rings (SSSR count). The van der Waals surface area contributed by atoms with Gasteiger partial charge in [-0.05, 0) is 50.4 Å². The van der Waals surface area contributed by atoms with E-state index in [2.05, 4.69) is 5.32 Å². The van der Waals surface area contributed by atoms with Gasteiger partial charge in [-0.15, -0.1) is 0 Å². The number of nitrogens with one attached hydrogen (secondary N) is 1. The molecule has 0 radical (unpaired) electrons. The SMILES string of the molecule is Cc1ccc(OCCN(C)CC(=O)Nc2ccc(O)cc2)cc1. The van der Waals surface area contributed by atoms with Gasteiger partial charge >= 0.3 is 0 Å². The van der Waals surface area contributed by atoms with Crippen LogP contribution in [0.25, 0.3) is 0 Å². The van der Waals surface area contributed by atoms with Crippen molar-refractivity contribution in [3.63, 3.8) is 0 Å². The third-order valence-electron chi connectivity index (χ3n) is 3.33. The molecular weight excluding hydrogens is 292 g/mol. The number of phenols is 1. The minimum Gasteiger partial charge on any atom is -0.508 e. The van der Waals surface area contributed by atoms with Crippen molar-refractivity contribution < 1.29 is 14.6 Å². The lowest BCUT2D eigenvalue weighted by molar-refractivity contribution is -0.117. The Balaban J connectivity index is 1.69. The average Bonchev–Trinajstić information content (AvgIpc) is 2.51. The molecule has 5 nitrogen and oxygen atoms in total. The second-order valence-corrected chi connectivity index (χ2v) is 5.49. The van der Waals surface area contributed by atoms with Gasteiger partial charge < -0.3 is 15.2 Å². The summed E-state index contributed by atoms with van der Waals surface area (Å²) in [6.45, 7) is 3.48. The number of carbonyl (C=O) groups is 1. The maximum Gasteiger partial charge on any atom is 0.238 e. The van der Waals surface area contributed by atoms with Gasteiger partial charge in [0.1, 0.15) is 18.1 Å². The van der Waals surface area contributed by atoms with Crippen LogP contribution in [0.5, 0.6) is 11.5 Å². The number of benzene rings is 2. The number of hydrogen-bond donors (Lipinski definition) is 2. The lowest BCUT2D eigenvalue weighted by Crippen LogP contribution is -2.33. The molecule has 0 heterocycles. The largest absolute Gasteiger partial charge is 0.508 e. The first-order valence-electron chi connectivity index (χ1n) is 7.50. The fourth-order valence-electron chi connectivity index (χ4n) is 2.02. The number of hydrogen-bond acceptors (Lipinski definition) is 4. The quantitative estimate of drug-likeness (QED) is 0.771. The number of nitrogens with zero attached hydrogens (tertiary/aromatic N) is 1. The van der Waals surface area contributed by atoms with Crippen molar-refractivity contribution in [2.75, 3.05) is 32.1 Å². The molecule has 0 fully saturated rings. The van der Waals surface area contributed by atoms with E-state index in [-0.39, 0.29) is 18.2 Å². The van der Waals surface area contributed by atoms with Crippen LogP contribution in [-0.4, -0.2) is 42.7 Å². The zero-order chi connectivity index (χ0) is 16.7. The molecule has 0 saturated carbocycles. The smallest absolute Gasteiger partial charge is 0.238 e. The molecule has 0 aliphatic heterocycles. The van der Waals surface area contributed by atoms with Gasteiger partial charge in [-0.3, -0.25) is 9.69 Å². The standard InChI is InChI=1S/C18H22N2O3/c1-14-3-9-17(10-4-14)23-12-11-20(2)13-18(22)19-15-5-7-16(21)8-6-15/h3-10,21H,11-13H2,1-2H3,(H,19,22). The molecule has 23 heavy (non-hydrogen) atoms. The summed E-state index contributed by atoms with van der Waals surface area (Å²) >= 11 is 0. The monoisotopic (exact) mass is 314 g/mol. The van der Waals surface area contributed by atoms with Crippen LogP contribution in [0.2, 0.25) is 0 Å². The molecule has 0 unspecified atom stereocenters. The summed E-state index contributed by atoms with van der Waals surface area (Å²) in [4.78, 5) is 13.8. The normalized spacial score (nSPS) is 10.6. The van der Waals surface area contributed by atoms with E-state index in [4.69, 9.17) is 4.74 Å². The molecule has 0 atom stereocenters. The molecule has 2 aromatic rings. The fourth-order valence-corrected chi connectivity index (χ4v) is 2.02. The summed E-state index contributed by atoms with van der Waals surface area (Å²) in [5.74, 6) is 0.902. The van der Waals surface area contributed by atoms with Crippen molar-refractivity contribution in [2.24, 2.45) is 0 Å². The maximum absolute atomic E-state index is 11.9. The van der Waals surface area contributed by atoms with E-state index in [1.807, 2.05) is 43.1 Å². The second-order valence-electron chi connectivity index (χ2n) is 5.49. The fraction of sp³-hybridized carbons (Fsp3) is 0.278. The number of aromatic hydroxyl groups is 1. The van der Waals surface area contributed by atoms with Crippen LogP contribution < -0.4 is 10.1 Å². The molecular formula is C18H22N2O3. The van der Waals surface area contributed by atoms with Gasteiger partial charge in [0.05, 0.1) is 6.54 Å². The van der Waals surface area contributed by atoms with Gasteiger partial charge in [0.25, 0.3) is 0 Å². The van der Waals surface area contributed by atoms with E-state index in [1.165, 1.54) is 17.7 Å². The van der Waals surface area contributed by atoms with E-state index in [0.717, 1.165) is 5.75 Å². The lowest BCUT2D eigenvalue weighted by Gasteiger charge is -2.16. The van der Waals surface area contributed by atoms with Crippen LogP contribution >= 0.6 is 0 Å². The molecule has 5 heteroatoms. The molecule has 0 spiro atoms. The molecule has 0 saturated heterocycles. The van der Waals surface area contributed by atoms with Crippen molar-refractivity contribution in [1.29, 1.82) is 0 Å². The first-order valence-corrected chi connectivity index (χ1v) is 7.50. The third kappa shape index (κ3) is 6.00. The number of likely N-dealkylation sites (N-methyl/N-ethyl adjacent to an activating group) is 1. The number of aryl methyl sites for hydroxylation is 1. The first kappa shape index (κ1) is 16.8. The molecule has 2 N–H and O–H groups in total. The van der Waals surface area contributed by atoms with E-state index >= 15 is 0 Å². The molecule has 0 aliphatic rings. The summed E-state index contributed by atoms with van der Waals surface area (Å²) in [5.41, 5.74) is 1.86. The Morgan fingerprint density at radius 3 is 2.43 bits per heavy atom. The molecule has 2 aromatic carbocycles. The van der Waals surface area contributed by atoms with Gasteiger partial charge in [-0.2, -0.15) is 0 Å². The molecule has 0 aliphatic carbocycles. The van der Waals surface area contributed by atoms with E-state index in [0.29, 0.717) is 18.8 Å². The molecule has 0 aromatic heterocycles. The van der Waals surface area contributed by atoms with Crippen molar-refractivity contribution in [3.8, 4) is 11.5 Å². The van der Waals surface area contributed by atoms with Crippen molar-refractivity contribution >= 4 is 11.6 Å². The van der Waals surface area contributed by atoms with Gasteiger partial charge in [0.15, 0.2) is 0 Å². The number of amides is 1. The van der Waals surface area contributed by atoms with Gasteiger partial charge in [-0.25, -0.2) is 0 Å². The van der Waals surface area contributed by atoms with Crippen LogP contribution in [0.1, 0.15) is 5.56 Å². The van der Waals surface area contributed by atoms with Crippen molar-refractivity contribution in [3.05, 3.63) is 54.1 Å². The number of rotatable bonds is 7. The Bertz CT molecular complexity index is 624. The Hall–Kier alpha value is -2.53. The highest BCUT2D eigenvalue weighted by molar-refractivity contribution is 5.92. The Morgan fingerprint density at radius 2 is 1.78 bits per heavy atom. The molecule has 122 valence electrons. The van der Waals surface area contributed by atoms with Crippen LogP contribution in [0.15, 0.2) is 48.5 Å². The van der Waals surface area contributed by atoms with Crippen molar-refractivity contribution in [2.45, 2.75) is 6.92 Å². The van der Waals surface area contributed by atoms with Gasteiger partial charge in [0.2, 0.25) is 5.91 Å². The topological polar surface area (TPSA) is 61.8 Å². The number of anilines is 1. The number of phenolic OH excluding ortho intramolecular Hbond substituents is 1. The van der Waals surface area contributed by atoms with E-state index in [9.17, 15) is 9.90 Å². The highest BCUT2D eigenvalue weighted by Gasteiger charge is 2.07. The summed E-state index contributed by atoms with van der Waals surface area (Å²) in [5, 5.41) is 12.0. The maximum atomic E-state index is 11.9. The van der Waals surface area contributed by atoms with Gasteiger partial charge in [0, 0.05) is 12.2 Å². The van der Waals surface area contributed by atoms with Crippen molar-refractivity contribution in [1.82, 2.24) is 4.90 Å². The predicted molar refractivity (Wildman–Crippen MR) is 90.9 cm³/mol. The van der Waals surface area contributed by atoms with E-state index in [1.54, 1.807) is 12.1 Å². The van der Waals surface area contributed by atoms with Crippen LogP contribution in [-0.2, 0) is 4.79 Å². The Labute approximate surface area is 136 Å². The van der Waals surface area contributed by atoms with Crippen LogP contribution in [0.3, 0.4) is 0 Å². The summed E-state index contributed by atoms with van der Waals surface area (Å²) < 4.78 is 5.64. The number of ether oxygens (including phenoxy) is 1. The third-order valence-corrected chi connectivity index (χ3v) is 3.33. The van der Waals surface area contributed by atoms with Crippen LogP contribution in [0.4, 0.5) is 5.69 Å². The average molecular weight is 314 g/mol. The Kier molecular flexibility index (Phi) is 6.00. The summed E-state index contributed by atoms with van der Waals surface area (Å²) in [6.07, 6.45) is 0. The minimum absolute atomic E-state index is 0.103. The highest BCUT2D eigenvalue weighted by Crippen LogP contribution is 2.13. The molecule has 1 amide bonds. The zero-order valence-corrected chi connectivity index (χ0v) is 13.5. The van der Waals surface area contributed by atoms with E-state index < -0.39 is 0 Å². The van der Waals surface area contributed by atoms with Gasteiger partial charge in [-0.1, -0.05) is 17.7 Å². The minimum atomic E-state index is -0.103. The molecule has 0 bridgehead atoms. The lowest BCUT2D eigenvalue weighted by atomic mass is 10.2. The van der Waals surface area contributed by atoms with Crippen LogP contribution in [0, 0.1) is 6.92 Å². The Morgan fingerprint density at radius 1 is 1.13 bits per heavy atom. The first-order chi connectivity index (χ1) is 11.0. The predicted octanol–water partition coefficient (Wildman–Crippen LogP) is 2.65. The number of carbonyl (C=O) groups excluding carboxylic acids is 1.